The van der Waals surface area contributed by atoms with E-state index in [2.05, 4.69) is 5.32 Å². The van der Waals surface area contributed by atoms with E-state index < -0.39 is 23.2 Å². The highest BCUT2D eigenvalue weighted by atomic mass is 19.4. The fourth-order valence-electron chi connectivity index (χ4n) is 1.45. The van der Waals surface area contributed by atoms with Gasteiger partial charge in [-0.15, -0.1) is 0 Å². The Morgan fingerprint density at radius 3 is 2.32 bits per heavy atom. The van der Waals surface area contributed by atoms with Gasteiger partial charge in [0.1, 0.15) is 0 Å². The van der Waals surface area contributed by atoms with Crippen LogP contribution in [0.2, 0.25) is 0 Å². The molecule has 0 aliphatic heterocycles. The number of hydrogen-bond acceptors (Lipinski definition) is 3. The molecule has 0 saturated heterocycles. The second-order valence-electron chi connectivity index (χ2n) is 4.84. The molecule has 0 aliphatic carbocycles. The molecular weight excluding hydrogens is 259 g/mol. The first-order valence-corrected chi connectivity index (χ1v) is 5.56. The van der Waals surface area contributed by atoms with Crippen molar-refractivity contribution in [3.63, 3.8) is 0 Å². The summed E-state index contributed by atoms with van der Waals surface area (Å²) in [5.74, 6) is -0.929. The van der Waals surface area contributed by atoms with Crippen molar-refractivity contribution in [3.8, 4) is 0 Å². The average molecular weight is 275 g/mol. The number of carbonyl (C=O) groups excluding carboxylic acids is 1. The minimum Gasteiger partial charge on any atom is -0.378 e. The number of anilines is 1. The van der Waals surface area contributed by atoms with Crippen molar-refractivity contribution >= 4 is 11.6 Å². The lowest BCUT2D eigenvalue weighted by Gasteiger charge is -2.27. The Morgan fingerprint density at radius 1 is 1.32 bits per heavy atom. The van der Waals surface area contributed by atoms with Crippen LogP contribution in [0.5, 0.6) is 0 Å². The molecule has 1 amide bonds. The fourth-order valence-corrected chi connectivity index (χ4v) is 1.45. The fraction of sp³-hybridized carbons (Fsp3) is 0.417. The van der Waals surface area contributed by atoms with Gasteiger partial charge in [0, 0.05) is 17.8 Å². The summed E-state index contributed by atoms with van der Waals surface area (Å²) in [4.78, 5) is 11.3. The highest BCUT2D eigenvalue weighted by Crippen LogP contribution is 2.32. The van der Waals surface area contributed by atoms with Crippen molar-refractivity contribution in [2.45, 2.75) is 25.6 Å². The monoisotopic (exact) mass is 275 g/mol. The molecule has 19 heavy (non-hydrogen) atoms. The number of nitrogens with two attached hydrogens (primary N) is 2. The maximum absolute atomic E-state index is 12.6. The standard InChI is InChI=1S/C12H16F3N3O/c1-11(2,6-16)18-9-4-3-7(12(13,14)15)5-8(9)10(17)19/h3-5,18H,6,16H2,1-2H3,(H2,17,19). The van der Waals surface area contributed by atoms with Crippen LogP contribution in [0.15, 0.2) is 18.2 Å². The lowest BCUT2D eigenvalue weighted by atomic mass is 10.0. The Labute approximate surface area is 109 Å². The number of hydrogen-bond donors (Lipinski definition) is 3. The summed E-state index contributed by atoms with van der Waals surface area (Å²) in [5, 5.41) is 2.90. The van der Waals surface area contributed by atoms with Gasteiger partial charge in [-0.3, -0.25) is 4.79 Å². The molecule has 106 valence electrons. The minimum absolute atomic E-state index is 0.212. The molecule has 0 atom stereocenters. The Bertz CT molecular complexity index is 484. The summed E-state index contributed by atoms with van der Waals surface area (Å²) in [5.41, 5.74) is 9.17. The zero-order chi connectivity index (χ0) is 14.8. The van der Waals surface area contributed by atoms with Crippen LogP contribution in [0.3, 0.4) is 0 Å². The number of nitrogens with one attached hydrogen (secondary N) is 1. The van der Waals surface area contributed by atoms with Crippen LogP contribution < -0.4 is 16.8 Å². The number of primary amides is 1. The molecule has 5 N–H and O–H groups in total. The van der Waals surface area contributed by atoms with Crippen molar-refractivity contribution in [2.24, 2.45) is 11.5 Å². The first-order chi connectivity index (χ1) is 8.57. The lowest BCUT2D eigenvalue weighted by molar-refractivity contribution is -0.137. The van der Waals surface area contributed by atoms with Gasteiger partial charge in [0.25, 0.3) is 5.91 Å². The molecule has 0 aliphatic rings. The van der Waals surface area contributed by atoms with Gasteiger partial charge in [-0.2, -0.15) is 13.2 Å². The van der Waals surface area contributed by atoms with Gasteiger partial charge in [-0.1, -0.05) is 0 Å². The van der Waals surface area contributed by atoms with Gasteiger partial charge in [0.15, 0.2) is 0 Å². The zero-order valence-corrected chi connectivity index (χ0v) is 10.6. The van der Waals surface area contributed by atoms with Crippen LogP contribution in [0, 0.1) is 0 Å². The lowest BCUT2D eigenvalue weighted by Crippen LogP contribution is -2.39. The van der Waals surface area contributed by atoms with Crippen molar-refractivity contribution in [1.29, 1.82) is 0 Å². The van der Waals surface area contributed by atoms with Gasteiger partial charge in [-0.25, -0.2) is 0 Å². The van der Waals surface area contributed by atoms with Gasteiger partial charge in [0.2, 0.25) is 0 Å². The molecule has 0 bridgehead atoms. The molecule has 4 nitrogen and oxygen atoms in total. The number of rotatable bonds is 4. The van der Waals surface area contributed by atoms with Crippen LogP contribution in [-0.2, 0) is 6.18 Å². The molecule has 0 spiro atoms. The maximum atomic E-state index is 12.6. The van der Waals surface area contributed by atoms with Crippen LogP contribution in [0.1, 0.15) is 29.8 Å². The highest BCUT2D eigenvalue weighted by molar-refractivity contribution is 5.98. The van der Waals surface area contributed by atoms with Gasteiger partial charge < -0.3 is 16.8 Å². The summed E-state index contributed by atoms with van der Waals surface area (Å²) < 4.78 is 37.7. The topological polar surface area (TPSA) is 81.1 Å². The normalized spacial score (nSPS) is 12.3. The molecule has 0 radical (unpaired) electrons. The van der Waals surface area contributed by atoms with E-state index in [4.69, 9.17) is 11.5 Å². The number of carbonyl (C=O) groups is 1. The maximum Gasteiger partial charge on any atom is 0.416 e. The predicted octanol–water partition coefficient (Wildman–Crippen LogP) is 1.95. The van der Waals surface area contributed by atoms with Crippen LogP contribution >= 0.6 is 0 Å². The van der Waals surface area contributed by atoms with Gasteiger partial charge in [-0.05, 0) is 32.0 Å². The summed E-state index contributed by atoms with van der Waals surface area (Å²) in [6.45, 7) is 3.76. The number of halogens is 3. The minimum atomic E-state index is -4.52. The van der Waals surface area contributed by atoms with E-state index in [1.165, 1.54) is 6.07 Å². The van der Waals surface area contributed by atoms with Crippen LogP contribution in [0.4, 0.5) is 18.9 Å². The summed E-state index contributed by atoms with van der Waals surface area (Å²) in [6, 6.07) is 2.80. The van der Waals surface area contributed by atoms with Crippen molar-refractivity contribution < 1.29 is 18.0 Å². The van der Waals surface area contributed by atoms with Crippen LogP contribution in [-0.4, -0.2) is 18.0 Å². The van der Waals surface area contributed by atoms with E-state index in [-0.39, 0.29) is 17.8 Å². The second kappa shape index (κ2) is 5.08. The smallest absolute Gasteiger partial charge is 0.378 e. The number of benzene rings is 1. The molecule has 7 heteroatoms. The molecule has 1 aromatic rings. The molecular formula is C12H16F3N3O. The third kappa shape index (κ3) is 3.85. The molecule has 0 fully saturated rings. The van der Waals surface area contributed by atoms with E-state index in [1.54, 1.807) is 13.8 Å². The first-order valence-electron chi connectivity index (χ1n) is 5.56. The molecule has 0 aromatic heterocycles. The third-order valence-electron chi connectivity index (χ3n) is 2.60. The van der Waals surface area contributed by atoms with E-state index in [0.717, 1.165) is 12.1 Å². The van der Waals surface area contributed by atoms with Crippen LogP contribution in [0.25, 0.3) is 0 Å². The summed E-state index contributed by atoms with van der Waals surface area (Å²) in [6.07, 6.45) is -4.52. The van der Waals surface area contributed by atoms with E-state index >= 15 is 0 Å². The molecule has 0 saturated carbocycles. The Hall–Kier alpha value is -1.76. The summed E-state index contributed by atoms with van der Waals surface area (Å²) >= 11 is 0. The Morgan fingerprint density at radius 2 is 1.89 bits per heavy atom. The first kappa shape index (κ1) is 15.3. The van der Waals surface area contributed by atoms with Crippen molar-refractivity contribution in [1.82, 2.24) is 0 Å². The van der Waals surface area contributed by atoms with Crippen molar-refractivity contribution in [2.75, 3.05) is 11.9 Å². The number of alkyl halides is 3. The average Bonchev–Trinajstić information content (AvgIpc) is 2.27. The Balaban J connectivity index is 3.24. The van der Waals surface area contributed by atoms with Gasteiger partial charge in [0.05, 0.1) is 11.1 Å². The zero-order valence-electron chi connectivity index (χ0n) is 10.6. The van der Waals surface area contributed by atoms with E-state index in [9.17, 15) is 18.0 Å². The SMILES string of the molecule is CC(C)(CN)Nc1ccc(C(F)(F)F)cc1C(N)=O. The third-order valence-corrected chi connectivity index (χ3v) is 2.60. The summed E-state index contributed by atoms with van der Waals surface area (Å²) in [7, 11) is 0. The van der Waals surface area contributed by atoms with E-state index in [0.29, 0.717) is 0 Å². The quantitative estimate of drug-likeness (QED) is 0.785. The molecule has 1 rings (SSSR count). The van der Waals surface area contributed by atoms with Crippen molar-refractivity contribution in [3.05, 3.63) is 29.3 Å². The van der Waals surface area contributed by atoms with Gasteiger partial charge >= 0.3 is 6.18 Å². The number of amides is 1. The van der Waals surface area contributed by atoms with E-state index in [1.807, 2.05) is 0 Å². The highest BCUT2D eigenvalue weighted by Gasteiger charge is 2.32. The molecule has 0 heterocycles. The molecule has 0 unspecified atom stereocenters. The largest absolute Gasteiger partial charge is 0.416 e. The Kier molecular flexibility index (Phi) is 4.09. The molecule has 1 aromatic carbocycles. The second-order valence-corrected chi connectivity index (χ2v) is 4.84. The predicted molar refractivity (Wildman–Crippen MR) is 66.7 cm³/mol.